The molecule has 5 nitrogen and oxygen atoms in total. The molecular weight excluding hydrogens is 355 g/mol. The Morgan fingerprint density at radius 3 is 2.50 bits per heavy atom. The van der Waals surface area contributed by atoms with Crippen molar-refractivity contribution in [3.05, 3.63) is 59.4 Å². The smallest absolute Gasteiger partial charge is 0.240 e. The van der Waals surface area contributed by atoms with Crippen molar-refractivity contribution in [2.24, 2.45) is 0 Å². The molecule has 0 radical (unpaired) electrons. The molecule has 0 aliphatic rings. The fraction of sp³-hybridized carbons (Fsp3) is 0.316. The van der Waals surface area contributed by atoms with Gasteiger partial charge in [-0.3, -0.25) is 4.79 Å². The summed E-state index contributed by atoms with van der Waals surface area (Å²) in [4.78, 5) is 13.6. The van der Waals surface area contributed by atoms with Crippen LogP contribution in [0.5, 0.6) is 0 Å². The maximum Gasteiger partial charge on any atom is 0.240 e. The number of para-hydroxylation sites is 1. The van der Waals surface area contributed by atoms with Crippen LogP contribution in [-0.4, -0.2) is 27.4 Å². The molecule has 0 saturated carbocycles. The third-order valence-electron chi connectivity index (χ3n) is 4.11. The van der Waals surface area contributed by atoms with Crippen LogP contribution in [-0.2, 0) is 21.2 Å². The summed E-state index contributed by atoms with van der Waals surface area (Å²) in [6, 6.07) is 11.2. The Kier molecular flexibility index (Phi) is 6.50. The largest absolute Gasteiger partial charge is 0.311 e. The fourth-order valence-electron chi connectivity index (χ4n) is 2.68. The lowest BCUT2D eigenvalue weighted by molar-refractivity contribution is -0.116. The van der Waals surface area contributed by atoms with E-state index in [-0.39, 0.29) is 29.5 Å². The molecule has 0 atom stereocenters. The first-order valence-electron chi connectivity index (χ1n) is 8.38. The molecule has 1 amide bonds. The molecule has 2 rings (SSSR count). The highest BCUT2D eigenvalue weighted by Gasteiger charge is 2.18. The predicted molar refractivity (Wildman–Crippen MR) is 100 cm³/mol. The number of rotatable bonds is 7. The van der Waals surface area contributed by atoms with Gasteiger partial charge in [0.25, 0.3) is 0 Å². The predicted octanol–water partition coefficient (Wildman–Crippen LogP) is 3.03. The number of anilines is 1. The number of halogens is 1. The molecule has 1 N–H and O–H groups in total. The van der Waals surface area contributed by atoms with Gasteiger partial charge in [-0.25, -0.2) is 17.5 Å². The monoisotopic (exact) mass is 378 g/mol. The van der Waals surface area contributed by atoms with Gasteiger partial charge in [0, 0.05) is 25.7 Å². The molecule has 0 unspecified atom stereocenters. The summed E-state index contributed by atoms with van der Waals surface area (Å²) in [6.07, 6.45) is 0.764. The van der Waals surface area contributed by atoms with E-state index in [0.29, 0.717) is 0 Å². The van der Waals surface area contributed by atoms with Crippen LogP contribution in [0.4, 0.5) is 10.1 Å². The van der Waals surface area contributed by atoms with E-state index in [0.717, 1.165) is 23.7 Å². The van der Waals surface area contributed by atoms with Crippen molar-refractivity contribution in [2.45, 2.75) is 32.1 Å². The van der Waals surface area contributed by atoms with Gasteiger partial charge in [0.15, 0.2) is 0 Å². The van der Waals surface area contributed by atoms with Crippen molar-refractivity contribution in [1.29, 1.82) is 0 Å². The maximum atomic E-state index is 13.3. The standard InChI is InChI=1S/C19H23FN2O3S/c1-4-16-7-5-6-8-19(16)22(15(3)23)12-11-21-26(24,25)17-9-10-18(20)14(2)13-17/h5-10,13,21H,4,11-12H2,1-3H3. The highest BCUT2D eigenvalue weighted by Crippen LogP contribution is 2.21. The number of aryl methyl sites for hydroxylation is 2. The summed E-state index contributed by atoms with van der Waals surface area (Å²) in [5, 5.41) is 0. The van der Waals surface area contributed by atoms with Crippen molar-refractivity contribution in [3.63, 3.8) is 0 Å². The van der Waals surface area contributed by atoms with Gasteiger partial charge in [0.05, 0.1) is 4.90 Å². The van der Waals surface area contributed by atoms with Crippen molar-refractivity contribution in [2.75, 3.05) is 18.0 Å². The molecule has 0 aliphatic carbocycles. The van der Waals surface area contributed by atoms with Crippen molar-refractivity contribution in [1.82, 2.24) is 4.72 Å². The highest BCUT2D eigenvalue weighted by atomic mass is 32.2. The summed E-state index contributed by atoms with van der Waals surface area (Å²) >= 11 is 0. The molecule has 26 heavy (non-hydrogen) atoms. The molecule has 0 aliphatic heterocycles. The van der Waals surface area contributed by atoms with Gasteiger partial charge in [-0.2, -0.15) is 0 Å². The van der Waals surface area contributed by atoms with Gasteiger partial charge in [-0.1, -0.05) is 25.1 Å². The molecule has 2 aromatic carbocycles. The summed E-state index contributed by atoms with van der Waals surface area (Å²) in [7, 11) is -3.77. The average Bonchev–Trinajstić information content (AvgIpc) is 2.60. The third kappa shape index (κ3) is 4.68. The number of nitrogens with zero attached hydrogens (tertiary/aromatic N) is 1. The average molecular weight is 378 g/mol. The Hall–Kier alpha value is -2.25. The number of amides is 1. The van der Waals surface area contributed by atoms with Crippen LogP contribution >= 0.6 is 0 Å². The van der Waals surface area contributed by atoms with Crippen molar-refractivity contribution >= 4 is 21.6 Å². The number of benzene rings is 2. The fourth-order valence-corrected chi connectivity index (χ4v) is 3.79. The Balaban J connectivity index is 2.12. The van der Waals surface area contributed by atoms with Crippen LogP contribution in [0.3, 0.4) is 0 Å². The van der Waals surface area contributed by atoms with Crippen LogP contribution < -0.4 is 9.62 Å². The first-order valence-corrected chi connectivity index (χ1v) is 9.86. The second kappa shape index (κ2) is 8.42. The van der Waals surface area contributed by atoms with Crippen LogP contribution in [0.1, 0.15) is 25.0 Å². The molecule has 0 aromatic heterocycles. The van der Waals surface area contributed by atoms with Gasteiger partial charge in [0.2, 0.25) is 15.9 Å². The van der Waals surface area contributed by atoms with E-state index in [1.807, 2.05) is 31.2 Å². The maximum absolute atomic E-state index is 13.3. The Bertz CT molecular complexity index is 897. The first-order chi connectivity index (χ1) is 12.3. The van der Waals surface area contributed by atoms with Crippen molar-refractivity contribution < 1.29 is 17.6 Å². The molecule has 2 aromatic rings. The zero-order chi connectivity index (χ0) is 19.3. The SMILES string of the molecule is CCc1ccccc1N(CCNS(=O)(=O)c1ccc(F)c(C)c1)C(C)=O. The Morgan fingerprint density at radius 1 is 1.19 bits per heavy atom. The van der Waals surface area contributed by atoms with Crippen LogP contribution in [0.2, 0.25) is 0 Å². The third-order valence-corrected chi connectivity index (χ3v) is 5.57. The lowest BCUT2D eigenvalue weighted by Gasteiger charge is -2.24. The van der Waals surface area contributed by atoms with Crippen LogP contribution in [0.15, 0.2) is 47.4 Å². The second-order valence-corrected chi connectivity index (χ2v) is 7.73. The lowest BCUT2D eigenvalue weighted by atomic mass is 10.1. The van der Waals surface area contributed by atoms with E-state index in [1.54, 1.807) is 4.90 Å². The summed E-state index contributed by atoms with van der Waals surface area (Å²) in [5.41, 5.74) is 2.05. The van der Waals surface area contributed by atoms with E-state index in [9.17, 15) is 17.6 Å². The Morgan fingerprint density at radius 2 is 1.88 bits per heavy atom. The number of nitrogens with one attached hydrogen (secondary N) is 1. The van der Waals surface area contributed by atoms with E-state index < -0.39 is 15.8 Å². The van der Waals surface area contributed by atoms with E-state index in [1.165, 1.54) is 26.0 Å². The van der Waals surface area contributed by atoms with E-state index >= 15 is 0 Å². The van der Waals surface area contributed by atoms with Gasteiger partial charge < -0.3 is 4.90 Å². The number of sulfonamides is 1. The zero-order valence-corrected chi connectivity index (χ0v) is 15.9. The topological polar surface area (TPSA) is 66.5 Å². The summed E-state index contributed by atoms with van der Waals surface area (Å²) < 4.78 is 40.5. The quantitative estimate of drug-likeness (QED) is 0.805. The number of hydrogen-bond donors (Lipinski definition) is 1. The Labute approximate surface area is 153 Å². The van der Waals surface area contributed by atoms with Gasteiger partial charge in [-0.15, -0.1) is 0 Å². The molecule has 140 valence electrons. The number of carbonyl (C=O) groups is 1. The minimum absolute atomic E-state index is 0.000247. The molecule has 0 spiro atoms. The minimum Gasteiger partial charge on any atom is -0.311 e. The van der Waals surface area contributed by atoms with Gasteiger partial charge >= 0.3 is 0 Å². The molecule has 0 bridgehead atoms. The van der Waals surface area contributed by atoms with Crippen molar-refractivity contribution in [3.8, 4) is 0 Å². The summed E-state index contributed by atoms with van der Waals surface area (Å²) in [6.45, 7) is 5.21. The normalized spacial score (nSPS) is 11.4. The number of carbonyl (C=O) groups excluding carboxylic acids is 1. The second-order valence-electron chi connectivity index (χ2n) is 5.96. The zero-order valence-electron chi connectivity index (χ0n) is 15.1. The summed E-state index contributed by atoms with van der Waals surface area (Å²) in [5.74, 6) is -0.620. The van der Waals surface area contributed by atoms with Gasteiger partial charge in [0.1, 0.15) is 5.82 Å². The van der Waals surface area contributed by atoms with Gasteiger partial charge in [-0.05, 0) is 48.7 Å². The molecular formula is C19H23FN2O3S. The minimum atomic E-state index is -3.77. The van der Waals surface area contributed by atoms with Crippen LogP contribution in [0.25, 0.3) is 0 Å². The number of hydrogen-bond acceptors (Lipinski definition) is 3. The van der Waals surface area contributed by atoms with Crippen LogP contribution in [0, 0.1) is 12.7 Å². The molecule has 7 heteroatoms. The highest BCUT2D eigenvalue weighted by molar-refractivity contribution is 7.89. The van der Waals surface area contributed by atoms with E-state index in [2.05, 4.69) is 4.72 Å². The molecule has 0 fully saturated rings. The van der Waals surface area contributed by atoms with E-state index in [4.69, 9.17) is 0 Å². The molecule has 0 saturated heterocycles. The molecule has 0 heterocycles. The first kappa shape index (κ1) is 20.1. The lowest BCUT2D eigenvalue weighted by Crippen LogP contribution is -2.38.